The van der Waals surface area contributed by atoms with Crippen LogP contribution in [0, 0.1) is 0 Å². The Labute approximate surface area is 169 Å². The molecule has 3 rings (SSSR count). The molecular formula is C25H28NOP. The number of hydrogen-bond donors (Lipinski definition) is 0. The summed E-state index contributed by atoms with van der Waals surface area (Å²) in [5, 5.41) is 2.31. The van der Waals surface area contributed by atoms with Crippen molar-refractivity contribution in [3.8, 4) is 0 Å². The van der Waals surface area contributed by atoms with E-state index in [1.807, 2.05) is 18.2 Å². The summed E-state index contributed by atoms with van der Waals surface area (Å²) >= 11 is 0. The van der Waals surface area contributed by atoms with Gasteiger partial charge in [0.1, 0.15) is 7.28 Å². The summed E-state index contributed by atoms with van der Waals surface area (Å²) in [6.07, 6.45) is 6.54. The first-order valence-corrected chi connectivity index (χ1v) is 11.5. The number of hydrogen-bond acceptors (Lipinski definition) is 2. The molecule has 0 bridgehead atoms. The van der Waals surface area contributed by atoms with Crippen molar-refractivity contribution in [3.05, 3.63) is 109 Å². The van der Waals surface area contributed by atoms with Gasteiger partial charge >= 0.3 is 0 Å². The van der Waals surface area contributed by atoms with Gasteiger partial charge in [-0.2, -0.15) is 0 Å². The highest BCUT2D eigenvalue weighted by Gasteiger charge is 2.25. The fourth-order valence-electron chi connectivity index (χ4n) is 3.03. The third kappa shape index (κ3) is 5.32. The first-order valence-electron chi connectivity index (χ1n) is 9.88. The Bertz CT molecular complexity index is 862. The largest absolute Gasteiger partial charge is 0.333 e. The molecule has 0 aliphatic rings. The summed E-state index contributed by atoms with van der Waals surface area (Å²) in [4.78, 5) is 0. The molecule has 28 heavy (non-hydrogen) atoms. The van der Waals surface area contributed by atoms with E-state index in [9.17, 15) is 0 Å². The van der Waals surface area contributed by atoms with Crippen molar-refractivity contribution >= 4 is 17.9 Å². The van der Waals surface area contributed by atoms with Crippen molar-refractivity contribution in [1.82, 2.24) is 0 Å². The normalized spacial score (nSPS) is 11.6. The smallest absolute Gasteiger partial charge is 0.143 e. The Balaban J connectivity index is 2.05. The minimum atomic E-state index is -2.34. The molecule has 0 fully saturated rings. The fraction of sp³-hybridized carbons (Fsp3) is 0.200. The van der Waals surface area contributed by atoms with Crippen LogP contribution in [-0.4, -0.2) is 6.61 Å². The summed E-state index contributed by atoms with van der Waals surface area (Å²) in [6.45, 7) is 3.39. The molecular weight excluding hydrogens is 361 g/mol. The Morgan fingerprint density at radius 2 is 1.29 bits per heavy atom. The van der Waals surface area contributed by atoms with Crippen LogP contribution >= 0.6 is 7.28 Å². The van der Waals surface area contributed by atoms with Gasteiger partial charge in [-0.15, -0.1) is 0 Å². The quantitative estimate of drug-likeness (QED) is 0.310. The predicted molar refractivity (Wildman–Crippen MR) is 122 cm³/mol. The molecule has 0 amide bonds. The van der Waals surface area contributed by atoms with Gasteiger partial charge < -0.3 is 4.52 Å². The number of benzene rings is 3. The molecule has 2 nitrogen and oxygen atoms in total. The number of unbranched alkanes of at least 4 members (excludes halogenated alkanes) is 1. The van der Waals surface area contributed by atoms with E-state index in [-0.39, 0.29) is 0 Å². The predicted octanol–water partition coefficient (Wildman–Crippen LogP) is 6.33. The summed E-state index contributed by atoms with van der Waals surface area (Å²) in [5.74, 6) is 0. The van der Waals surface area contributed by atoms with Crippen LogP contribution in [0.25, 0.3) is 0 Å². The molecule has 0 N–H and O–H groups in total. The maximum atomic E-state index is 6.63. The van der Waals surface area contributed by atoms with Gasteiger partial charge in [0, 0.05) is 10.6 Å². The van der Waals surface area contributed by atoms with Gasteiger partial charge in [0.05, 0.1) is 13.2 Å². The van der Waals surface area contributed by atoms with Crippen LogP contribution in [-0.2, 0) is 11.1 Å². The lowest BCUT2D eigenvalue weighted by Crippen LogP contribution is -2.19. The topological polar surface area (TPSA) is 21.6 Å². The summed E-state index contributed by atoms with van der Waals surface area (Å²) in [5.41, 5.74) is 1.20. The van der Waals surface area contributed by atoms with Gasteiger partial charge in [-0.1, -0.05) is 116 Å². The molecule has 0 aliphatic carbocycles. The van der Waals surface area contributed by atoms with Gasteiger partial charge in [0.15, 0.2) is 0 Å². The maximum Gasteiger partial charge on any atom is 0.143 e. The highest BCUT2D eigenvalue weighted by Crippen LogP contribution is 2.49. The molecule has 0 saturated heterocycles. The van der Waals surface area contributed by atoms with E-state index in [0.717, 1.165) is 23.5 Å². The highest BCUT2D eigenvalue weighted by atomic mass is 31.2. The van der Waals surface area contributed by atoms with Crippen LogP contribution in [0.5, 0.6) is 0 Å². The zero-order valence-electron chi connectivity index (χ0n) is 16.4. The molecule has 3 heteroatoms. The van der Waals surface area contributed by atoms with E-state index in [2.05, 4.69) is 91.9 Å². The second-order valence-electron chi connectivity index (χ2n) is 6.59. The van der Waals surface area contributed by atoms with Crippen LogP contribution in [0.15, 0.2) is 108 Å². The molecule has 3 aromatic carbocycles. The monoisotopic (exact) mass is 389 g/mol. The lowest BCUT2D eigenvalue weighted by Gasteiger charge is -2.25. The van der Waals surface area contributed by atoms with Gasteiger partial charge in [0.25, 0.3) is 0 Å². The number of nitrogens with zero attached hydrogens (tertiary/aromatic N) is 1. The fourth-order valence-corrected chi connectivity index (χ4v) is 5.85. The number of rotatable bonds is 9. The second-order valence-corrected chi connectivity index (χ2v) is 9.31. The van der Waals surface area contributed by atoms with Gasteiger partial charge in [-0.05, 0) is 12.0 Å². The second kappa shape index (κ2) is 10.8. The molecule has 0 aliphatic heterocycles. The van der Waals surface area contributed by atoms with Crippen LogP contribution in [0.3, 0.4) is 0 Å². The minimum Gasteiger partial charge on any atom is -0.333 e. The molecule has 0 spiro atoms. The van der Waals surface area contributed by atoms with E-state index in [4.69, 9.17) is 9.27 Å². The number of allylic oxidation sites excluding steroid dienone is 1. The molecule has 3 aromatic rings. The Morgan fingerprint density at radius 1 is 0.750 bits per heavy atom. The molecule has 0 saturated carbocycles. The first-order chi connectivity index (χ1) is 13.8. The zero-order chi connectivity index (χ0) is 19.5. The van der Waals surface area contributed by atoms with E-state index in [0.29, 0.717) is 13.2 Å². The highest BCUT2D eigenvalue weighted by molar-refractivity contribution is 7.76. The van der Waals surface area contributed by atoms with E-state index in [1.54, 1.807) is 0 Å². The Morgan fingerprint density at radius 3 is 1.82 bits per heavy atom. The SMILES string of the molecule is CCC/C=C/COP(=NCc1ccccc1)(c1ccccc1)c1ccccc1. The molecule has 0 unspecified atom stereocenters. The molecule has 0 aromatic heterocycles. The summed E-state index contributed by atoms with van der Waals surface area (Å²) in [7, 11) is -2.34. The minimum absolute atomic E-state index is 0.565. The first kappa shape index (κ1) is 20.3. The molecule has 0 atom stereocenters. The van der Waals surface area contributed by atoms with Crippen molar-refractivity contribution in [1.29, 1.82) is 0 Å². The van der Waals surface area contributed by atoms with Crippen molar-refractivity contribution in [2.24, 2.45) is 4.74 Å². The van der Waals surface area contributed by atoms with E-state index >= 15 is 0 Å². The van der Waals surface area contributed by atoms with Crippen molar-refractivity contribution in [2.75, 3.05) is 6.61 Å². The van der Waals surface area contributed by atoms with Crippen LogP contribution in [0.4, 0.5) is 0 Å². The molecule has 0 heterocycles. The van der Waals surface area contributed by atoms with Gasteiger partial charge in [0.2, 0.25) is 0 Å². The maximum absolute atomic E-state index is 6.63. The summed E-state index contributed by atoms with van der Waals surface area (Å²) in [6, 6.07) is 31.3. The van der Waals surface area contributed by atoms with Crippen LogP contribution in [0.1, 0.15) is 25.3 Å². The Hall–Kier alpha value is -2.41. The van der Waals surface area contributed by atoms with Crippen molar-refractivity contribution in [3.63, 3.8) is 0 Å². The average Bonchev–Trinajstić information content (AvgIpc) is 2.78. The third-order valence-electron chi connectivity index (χ3n) is 4.49. The van der Waals surface area contributed by atoms with E-state index < -0.39 is 7.28 Å². The van der Waals surface area contributed by atoms with Crippen molar-refractivity contribution < 1.29 is 4.52 Å². The van der Waals surface area contributed by atoms with Crippen LogP contribution in [0.2, 0.25) is 0 Å². The third-order valence-corrected chi connectivity index (χ3v) is 7.55. The molecule has 144 valence electrons. The lowest BCUT2D eigenvalue weighted by molar-refractivity contribution is 0.405. The van der Waals surface area contributed by atoms with E-state index in [1.165, 1.54) is 5.56 Å². The lowest BCUT2D eigenvalue weighted by atomic mass is 10.2. The summed E-state index contributed by atoms with van der Waals surface area (Å²) < 4.78 is 11.9. The van der Waals surface area contributed by atoms with Crippen LogP contribution < -0.4 is 10.6 Å². The Kier molecular flexibility index (Phi) is 7.84. The molecule has 0 radical (unpaired) electrons. The standard InChI is InChI=1S/C25H28NOP/c1-2-3-4-14-21-27-28(24-17-10-6-11-18-24,25-19-12-7-13-20-25)26-22-23-15-8-5-9-16-23/h4-20H,2-3,21-22H2,1H3/b14-4+. The van der Waals surface area contributed by atoms with Crippen molar-refractivity contribution in [2.45, 2.75) is 26.3 Å². The average molecular weight is 389 g/mol. The van der Waals surface area contributed by atoms with Gasteiger partial charge in [-0.25, -0.2) is 0 Å². The zero-order valence-corrected chi connectivity index (χ0v) is 17.3. The van der Waals surface area contributed by atoms with Gasteiger partial charge in [-0.3, -0.25) is 4.74 Å².